The molecule has 1 aliphatic rings. The third-order valence-electron chi connectivity index (χ3n) is 3.32. The smallest absolute Gasteiger partial charge is 0.123 e. The highest BCUT2D eigenvalue weighted by molar-refractivity contribution is 7.09. The molecular weight excluding hydrogens is 247 g/mol. The summed E-state index contributed by atoms with van der Waals surface area (Å²) in [7, 11) is 0. The van der Waals surface area contributed by atoms with Crippen LogP contribution in [0.15, 0.2) is 29.6 Å². The summed E-state index contributed by atoms with van der Waals surface area (Å²) in [5, 5.41) is 6.62. The fraction of sp³-hybridized carbons (Fsp3) is 0.357. The molecule has 94 valence electrons. The Bertz CT molecular complexity index is 515. The number of halogens is 1. The minimum absolute atomic E-state index is 0.203. The van der Waals surface area contributed by atoms with E-state index in [0.29, 0.717) is 0 Å². The quantitative estimate of drug-likeness (QED) is 0.919. The highest BCUT2D eigenvalue weighted by Crippen LogP contribution is 2.24. The van der Waals surface area contributed by atoms with E-state index in [-0.39, 0.29) is 5.82 Å². The Morgan fingerprint density at radius 3 is 2.89 bits per heavy atom. The van der Waals surface area contributed by atoms with Gasteiger partial charge in [-0.1, -0.05) is 0 Å². The summed E-state index contributed by atoms with van der Waals surface area (Å²) < 4.78 is 12.9. The lowest BCUT2D eigenvalue weighted by molar-refractivity contribution is 0.578. The SMILES string of the molecule is Fc1ccc(-c2csc(CC3CCNC3)n2)cc1. The van der Waals surface area contributed by atoms with E-state index in [0.717, 1.165) is 36.7 Å². The molecule has 1 aromatic heterocycles. The Morgan fingerprint density at radius 1 is 1.33 bits per heavy atom. The molecular formula is C14H15FN2S. The van der Waals surface area contributed by atoms with Gasteiger partial charge in [0.2, 0.25) is 0 Å². The summed E-state index contributed by atoms with van der Waals surface area (Å²) in [6.45, 7) is 2.23. The molecule has 2 aromatic rings. The predicted molar refractivity (Wildman–Crippen MR) is 72.2 cm³/mol. The minimum atomic E-state index is -0.203. The highest BCUT2D eigenvalue weighted by Gasteiger charge is 2.16. The molecule has 1 fully saturated rings. The van der Waals surface area contributed by atoms with E-state index in [1.807, 2.05) is 0 Å². The summed E-state index contributed by atoms with van der Waals surface area (Å²) >= 11 is 1.70. The monoisotopic (exact) mass is 262 g/mol. The van der Waals surface area contributed by atoms with Gasteiger partial charge in [-0.2, -0.15) is 0 Å². The lowest BCUT2D eigenvalue weighted by Gasteiger charge is -2.03. The lowest BCUT2D eigenvalue weighted by Crippen LogP contribution is -2.10. The maximum absolute atomic E-state index is 12.9. The number of nitrogens with zero attached hydrogens (tertiary/aromatic N) is 1. The van der Waals surface area contributed by atoms with Crippen LogP contribution in [0.4, 0.5) is 4.39 Å². The van der Waals surface area contributed by atoms with E-state index < -0.39 is 0 Å². The molecule has 1 saturated heterocycles. The molecule has 4 heteroatoms. The van der Waals surface area contributed by atoms with Gasteiger partial charge in [0.1, 0.15) is 5.82 Å². The van der Waals surface area contributed by atoms with Crippen molar-refractivity contribution < 1.29 is 4.39 Å². The van der Waals surface area contributed by atoms with Crippen molar-refractivity contribution in [3.05, 3.63) is 40.5 Å². The molecule has 1 aliphatic heterocycles. The van der Waals surface area contributed by atoms with Gasteiger partial charge in [0, 0.05) is 17.4 Å². The van der Waals surface area contributed by atoms with Crippen LogP contribution >= 0.6 is 11.3 Å². The number of hydrogen-bond donors (Lipinski definition) is 1. The molecule has 1 N–H and O–H groups in total. The Hall–Kier alpha value is -1.26. The van der Waals surface area contributed by atoms with Gasteiger partial charge in [0.05, 0.1) is 10.7 Å². The molecule has 0 saturated carbocycles. The van der Waals surface area contributed by atoms with Gasteiger partial charge in [-0.3, -0.25) is 0 Å². The Balaban J connectivity index is 1.74. The number of rotatable bonds is 3. The van der Waals surface area contributed by atoms with Crippen LogP contribution in [-0.4, -0.2) is 18.1 Å². The van der Waals surface area contributed by atoms with Gasteiger partial charge in [0.15, 0.2) is 0 Å². The van der Waals surface area contributed by atoms with E-state index in [2.05, 4.69) is 15.7 Å². The van der Waals surface area contributed by atoms with Crippen molar-refractivity contribution in [2.75, 3.05) is 13.1 Å². The lowest BCUT2D eigenvalue weighted by atomic mass is 10.1. The van der Waals surface area contributed by atoms with Crippen molar-refractivity contribution in [3.63, 3.8) is 0 Å². The molecule has 2 nitrogen and oxygen atoms in total. The summed E-state index contributed by atoms with van der Waals surface area (Å²) in [6, 6.07) is 6.53. The molecule has 18 heavy (non-hydrogen) atoms. The van der Waals surface area contributed by atoms with Crippen LogP contribution < -0.4 is 5.32 Å². The topological polar surface area (TPSA) is 24.9 Å². The third kappa shape index (κ3) is 2.60. The van der Waals surface area contributed by atoms with Gasteiger partial charge in [0.25, 0.3) is 0 Å². The fourth-order valence-electron chi connectivity index (χ4n) is 2.29. The molecule has 0 amide bonds. The van der Waals surface area contributed by atoms with Crippen LogP contribution in [0.1, 0.15) is 11.4 Å². The van der Waals surface area contributed by atoms with Crippen LogP contribution in [0.5, 0.6) is 0 Å². The standard InChI is InChI=1S/C14H15FN2S/c15-12-3-1-11(2-4-12)13-9-18-14(17-13)7-10-5-6-16-8-10/h1-4,9-10,16H,5-8H2. The first-order valence-corrected chi connectivity index (χ1v) is 7.10. The van der Waals surface area contributed by atoms with Gasteiger partial charge < -0.3 is 5.32 Å². The number of hydrogen-bond acceptors (Lipinski definition) is 3. The van der Waals surface area contributed by atoms with Gasteiger partial charge in [-0.25, -0.2) is 9.37 Å². The van der Waals surface area contributed by atoms with Crippen LogP contribution in [0.25, 0.3) is 11.3 Å². The zero-order chi connectivity index (χ0) is 12.4. The van der Waals surface area contributed by atoms with Crippen molar-refractivity contribution in [3.8, 4) is 11.3 Å². The zero-order valence-electron chi connectivity index (χ0n) is 10.0. The van der Waals surface area contributed by atoms with Gasteiger partial charge in [-0.15, -0.1) is 11.3 Å². The van der Waals surface area contributed by atoms with Crippen molar-refractivity contribution in [1.29, 1.82) is 0 Å². The second-order valence-electron chi connectivity index (χ2n) is 4.70. The molecule has 0 radical (unpaired) electrons. The van der Waals surface area contributed by atoms with Gasteiger partial charge >= 0.3 is 0 Å². The van der Waals surface area contributed by atoms with E-state index in [9.17, 15) is 4.39 Å². The van der Waals surface area contributed by atoms with Crippen LogP contribution in [0, 0.1) is 11.7 Å². The molecule has 2 heterocycles. The van der Waals surface area contributed by atoms with Gasteiger partial charge in [-0.05, 0) is 49.7 Å². The van der Waals surface area contributed by atoms with Crippen molar-refractivity contribution >= 4 is 11.3 Å². The number of thiazole rings is 1. The van der Waals surface area contributed by atoms with E-state index in [1.54, 1.807) is 23.5 Å². The third-order valence-corrected chi connectivity index (χ3v) is 4.19. The Kier molecular flexibility index (Phi) is 3.39. The maximum atomic E-state index is 12.9. The molecule has 0 spiro atoms. The first kappa shape index (κ1) is 11.8. The zero-order valence-corrected chi connectivity index (χ0v) is 10.8. The Morgan fingerprint density at radius 2 is 2.17 bits per heavy atom. The molecule has 3 rings (SSSR count). The number of aromatic nitrogens is 1. The van der Waals surface area contributed by atoms with Crippen molar-refractivity contribution in [2.45, 2.75) is 12.8 Å². The van der Waals surface area contributed by atoms with Crippen LogP contribution in [0.2, 0.25) is 0 Å². The Labute approximate surface area is 110 Å². The van der Waals surface area contributed by atoms with Crippen LogP contribution in [0.3, 0.4) is 0 Å². The number of nitrogens with one attached hydrogen (secondary N) is 1. The second kappa shape index (κ2) is 5.16. The van der Waals surface area contributed by atoms with E-state index in [1.165, 1.54) is 23.6 Å². The summed E-state index contributed by atoms with van der Waals surface area (Å²) in [6.07, 6.45) is 2.30. The molecule has 0 aliphatic carbocycles. The number of benzene rings is 1. The average Bonchev–Trinajstić information content (AvgIpc) is 3.02. The highest BCUT2D eigenvalue weighted by atomic mass is 32.1. The summed E-state index contributed by atoms with van der Waals surface area (Å²) in [5.41, 5.74) is 1.95. The average molecular weight is 262 g/mol. The van der Waals surface area contributed by atoms with Crippen molar-refractivity contribution in [1.82, 2.24) is 10.3 Å². The maximum Gasteiger partial charge on any atom is 0.123 e. The fourth-order valence-corrected chi connectivity index (χ4v) is 3.21. The second-order valence-corrected chi connectivity index (χ2v) is 5.64. The predicted octanol–water partition coefficient (Wildman–Crippen LogP) is 3.10. The largest absolute Gasteiger partial charge is 0.316 e. The van der Waals surface area contributed by atoms with E-state index in [4.69, 9.17) is 0 Å². The summed E-state index contributed by atoms with van der Waals surface area (Å²) in [4.78, 5) is 4.64. The minimum Gasteiger partial charge on any atom is -0.316 e. The molecule has 1 aromatic carbocycles. The van der Waals surface area contributed by atoms with E-state index >= 15 is 0 Å². The van der Waals surface area contributed by atoms with Crippen LogP contribution in [-0.2, 0) is 6.42 Å². The normalized spacial score (nSPS) is 19.3. The first-order chi connectivity index (χ1) is 8.81. The molecule has 0 bridgehead atoms. The first-order valence-electron chi connectivity index (χ1n) is 6.22. The van der Waals surface area contributed by atoms with Crippen molar-refractivity contribution in [2.24, 2.45) is 5.92 Å². The molecule has 1 unspecified atom stereocenters. The summed E-state index contributed by atoms with van der Waals surface area (Å²) in [5.74, 6) is 0.517. The molecule has 1 atom stereocenters.